The number of benzene rings is 2. The number of amides is 2. The molecular weight excluding hydrogens is 420 g/mol. The number of hydrogen-bond acceptors (Lipinski definition) is 5. The molecular formula is C25H32N4O4. The number of hydrogen-bond donors (Lipinski definition) is 1. The van der Waals surface area contributed by atoms with Crippen LogP contribution in [0.1, 0.15) is 45.5 Å². The molecule has 1 unspecified atom stereocenters. The quantitative estimate of drug-likeness (QED) is 0.503. The van der Waals surface area contributed by atoms with Gasteiger partial charge in [0.05, 0.1) is 36.9 Å². The monoisotopic (exact) mass is 452 g/mol. The average Bonchev–Trinajstić information content (AvgIpc) is 2.84. The summed E-state index contributed by atoms with van der Waals surface area (Å²) in [6, 6.07) is 11.9. The van der Waals surface area contributed by atoms with Crippen LogP contribution >= 0.6 is 0 Å². The van der Waals surface area contributed by atoms with Gasteiger partial charge in [0.1, 0.15) is 17.3 Å². The fourth-order valence-electron chi connectivity index (χ4n) is 4.02. The van der Waals surface area contributed by atoms with E-state index in [4.69, 9.17) is 14.5 Å². The van der Waals surface area contributed by atoms with Crippen LogP contribution in [0.25, 0.3) is 10.9 Å². The summed E-state index contributed by atoms with van der Waals surface area (Å²) in [5.41, 5.74) is 1.09. The van der Waals surface area contributed by atoms with Crippen molar-refractivity contribution in [3.05, 3.63) is 58.6 Å². The van der Waals surface area contributed by atoms with Gasteiger partial charge in [-0.15, -0.1) is 0 Å². The van der Waals surface area contributed by atoms with E-state index in [-0.39, 0.29) is 17.6 Å². The van der Waals surface area contributed by atoms with Crippen molar-refractivity contribution in [2.45, 2.75) is 46.2 Å². The Bertz CT molecular complexity index is 1170. The lowest BCUT2D eigenvalue weighted by molar-refractivity contribution is 0.184. The van der Waals surface area contributed by atoms with Gasteiger partial charge in [-0.2, -0.15) is 0 Å². The average molecular weight is 453 g/mol. The maximum atomic E-state index is 13.4. The molecule has 1 N–H and O–H groups in total. The first-order chi connectivity index (χ1) is 16.0. The smallest absolute Gasteiger partial charge is 0.322 e. The second-order valence-electron chi connectivity index (χ2n) is 7.65. The molecule has 3 aromatic rings. The van der Waals surface area contributed by atoms with Crippen LogP contribution in [0, 0.1) is 0 Å². The number of fused-ring (bicyclic) bond motifs is 1. The molecule has 2 amide bonds. The minimum absolute atomic E-state index is 0.0795. The molecule has 0 radical (unpaired) electrons. The van der Waals surface area contributed by atoms with E-state index < -0.39 is 0 Å². The molecule has 1 aromatic heterocycles. The molecule has 0 bridgehead atoms. The largest absolute Gasteiger partial charge is 0.497 e. The highest BCUT2D eigenvalue weighted by Gasteiger charge is 2.28. The second kappa shape index (κ2) is 10.8. The van der Waals surface area contributed by atoms with E-state index in [1.165, 1.54) is 0 Å². The number of aromatic nitrogens is 2. The standard InChI is InChI=1S/C25H32N4O4/c1-6-15-29-23(26-19-12-10-9-11-18(19)24(29)30)21(7-2)28(8-3)25(31)27-20-14-13-17(32-4)16-22(20)33-5/h9-14,16,21H,6-8,15H2,1-5H3,(H,27,31). The Kier molecular flexibility index (Phi) is 7.92. The van der Waals surface area contributed by atoms with Crippen molar-refractivity contribution in [2.75, 3.05) is 26.1 Å². The van der Waals surface area contributed by atoms with E-state index in [1.807, 2.05) is 39.0 Å². The maximum Gasteiger partial charge on any atom is 0.322 e. The van der Waals surface area contributed by atoms with E-state index in [1.54, 1.807) is 48.0 Å². The third kappa shape index (κ3) is 4.94. The van der Waals surface area contributed by atoms with E-state index in [9.17, 15) is 9.59 Å². The van der Waals surface area contributed by atoms with Crippen molar-refractivity contribution in [1.29, 1.82) is 0 Å². The topological polar surface area (TPSA) is 85.7 Å². The van der Waals surface area contributed by atoms with Gasteiger partial charge in [0.15, 0.2) is 0 Å². The Balaban J connectivity index is 2.02. The van der Waals surface area contributed by atoms with Gasteiger partial charge in [-0.25, -0.2) is 9.78 Å². The molecule has 0 saturated heterocycles. The Hall–Kier alpha value is -3.55. The Labute approximate surface area is 194 Å². The lowest BCUT2D eigenvalue weighted by atomic mass is 10.1. The fraction of sp³-hybridized carbons (Fsp3) is 0.400. The minimum Gasteiger partial charge on any atom is -0.497 e. The number of carbonyl (C=O) groups is 1. The molecule has 33 heavy (non-hydrogen) atoms. The predicted octanol–water partition coefficient (Wildman–Crippen LogP) is 4.83. The Morgan fingerprint density at radius 2 is 1.88 bits per heavy atom. The van der Waals surface area contributed by atoms with Gasteiger partial charge in [-0.3, -0.25) is 9.36 Å². The van der Waals surface area contributed by atoms with Crippen molar-refractivity contribution in [2.24, 2.45) is 0 Å². The van der Waals surface area contributed by atoms with Gasteiger partial charge in [-0.1, -0.05) is 26.0 Å². The molecule has 0 aliphatic carbocycles. The SMILES string of the molecule is CCCn1c(C(CC)N(CC)C(=O)Nc2ccc(OC)cc2OC)nc2ccccc2c1=O. The first kappa shape index (κ1) is 24.1. The van der Waals surface area contributed by atoms with Crippen LogP contribution in [-0.4, -0.2) is 41.2 Å². The number of anilines is 1. The molecule has 3 rings (SSSR count). The summed E-state index contributed by atoms with van der Waals surface area (Å²) in [5, 5.41) is 3.53. The molecule has 8 heteroatoms. The number of nitrogens with zero attached hydrogens (tertiary/aromatic N) is 3. The number of urea groups is 1. The highest BCUT2D eigenvalue weighted by molar-refractivity contribution is 5.91. The molecule has 8 nitrogen and oxygen atoms in total. The van der Waals surface area contributed by atoms with E-state index in [2.05, 4.69) is 5.32 Å². The maximum absolute atomic E-state index is 13.4. The highest BCUT2D eigenvalue weighted by atomic mass is 16.5. The predicted molar refractivity (Wildman–Crippen MR) is 130 cm³/mol. The summed E-state index contributed by atoms with van der Waals surface area (Å²) in [4.78, 5) is 33.2. The van der Waals surface area contributed by atoms with Gasteiger partial charge < -0.3 is 19.7 Å². The molecule has 0 aliphatic heterocycles. The molecule has 0 spiro atoms. The number of methoxy groups -OCH3 is 2. The zero-order valence-corrected chi connectivity index (χ0v) is 19.9. The zero-order valence-electron chi connectivity index (χ0n) is 19.9. The van der Waals surface area contributed by atoms with Gasteiger partial charge >= 0.3 is 6.03 Å². The van der Waals surface area contributed by atoms with Crippen LogP contribution in [0.5, 0.6) is 11.5 Å². The summed E-state index contributed by atoms with van der Waals surface area (Å²) in [5.74, 6) is 1.73. The van der Waals surface area contributed by atoms with Crippen molar-refractivity contribution in [3.8, 4) is 11.5 Å². The van der Waals surface area contributed by atoms with Crippen LogP contribution in [0.4, 0.5) is 10.5 Å². The highest BCUT2D eigenvalue weighted by Crippen LogP contribution is 2.31. The van der Waals surface area contributed by atoms with Crippen LogP contribution in [0.3, 0.4) is 0 Å². The van der Waals surface area contributed by atoms with Gasteiger partial charge in [0.25, 0.3) is 5.56 Å². The summed E-state index contributed by atoms with van der Waals surface area (Å²) >= 11 is 0. The Morgan fingerprint density at radius 1 is 1.12 bits per heavy atom. The van der Waals surface area contributed by atoms with E-state index in [0.717, 1.165) is 6.42 Å². The van der Waals surface area contributed by atoms with Gasteiger partial charge in [-0.05, 0) is 44.0 Å². The van der Waals surface area contributed by atoms with E-state index >= 15 is 0 Å². The lowest BCUT2D eigenvalue weighted by Gasteiger charge is -2.31. The molecule has 0 aliphatic rings. The van der Waals surface area contributed by atoms with Crippen molar-refractivity contribution in [1.82, 2.24) is 14.5 Å². The first-order valence-corrected chi connectivity index (χ1v) is 11.3. The lowest BCUT2D eigenvalue weighted by Crippen LogP contribution is -2.41. The summed E-state index contributed by atoms with van der Waals surface area (Å²) in [7, 11) is 3.11. The third-order valence-corrected chi connectivity index (χ3v) is 5.65. The Morgan fingerprint density at radius 3 is 2.52 bits per heavy atom. The summed E-state index contributed by atoms with van der Waals surface area (Å²) < 4.78 is 12.4. The van der Waals surface area contributed by atoms with Gasteiger partial charge in [0, 0.05) is 19.2 Å². The fourth-order valence-corrected chi connectivity index (χ4v) is 4.02. The second-order valence-corrected chi connectivity index (χ2v) is 7.65. The zero-order chi connectivity index (χ0) is 24.0. The number of carbonyl (C=O) groups excluding carboxylic acids is 1. The third-order valence-electron chi connectivity index (χ3n) is 5.65. The summed E-state index contributed by atoms with van der Waals surface area (Å²) in [6.07, 6.45) is 1.39. The van der Waals surface area contributed by atoms with Crippen molar-refractivity contribution >= 4 is 22.6 Å². The number of rotatable bonds is 9. The molecule has 0 fully saturated rings. The minimum atomic E-state index is -0.372. The van der Waals surface area contributed by atoms with Crippen molar-refractivity contribution in [3.63, 3.8) is 0 Å². The van der Waals surface area contributed by atoms with Gasteiger partial charge in [0.2, 0.25) is 0 Å². The van der Waals surface area contributed by atoms with Crippen molar-refractivity contribution < 1.29 is 14.3 Å². The molecule has 2 aromatic carbocycles. The summed E-state index contributed by atoms with van der Waals surface area (Å²) in [6.45, 7) is 6.90. The number of ether oxygens (including phenoxy) is 2. The number of nitrogens with one attached hydrogen (secondary N) is 1. The normalized spacial score (nSPS) is 11.8. The molecule has 0 saturated carbocycles. The molecule has 176 valence electrons. The van der Waals surface area contributed by atoms with Crippen LogP contribution < -0.4 is 20.3 Å². The number of para-hydroxylation sites is 1. The van der Waals surface area contributed by atoms with Crippen LogP contribution in [0.15, 0.2) is 47.3 Å². The first-order valence-electron chi connectivity index (χ1n) is 11.3. The van der Waals surface area contributed by atoms with E-state index in [0.29, 0.717) is 53.4 Å². The molecule has 1 heterocycles. The van der Waals surface area contributed by atoms with Crippen LogP contribution in [0.2, 0.25) is 0 Å². The van der Waals surface area contributed by atoms with Crippen LogP contribution in [-0.2, 0) is 6.54 Å². The molecule has 1 atom stereocenters.